The van der Waals surface area contributed by atoms with Crippen molar-refractivity contribution in [2.75, 3.05) is 26.9 Å². The van der Waals surface area contributed by atoms with Crippen LogP contribution in [0.15, 0.2) is 18.2 Å². The first-order valence-electron chi connectivity index (χ1n) is 7.16. The lowest BCUT2D eigenvalue weighted by Gasteiger charge is -2.11. The molecule has 2 N–H and O–H groups in total. The van der Waals surface area contributed by atoms with Crippen LogP contribution >= 0.6 is 0 Å². The lowest BCUT2D eigenvalue weighted by Crippen LogP contribution is -2.29. The Hall–Kier alpha value is -1.59. The quantitative estimate of drug-likeness (QED) is 0.726. The van der Waals surface area contributed by atoms with Crippen LogP contribution in [0.25, 0.3) is 0 Å². The van der Waals surface area contributed by atoms with Gasteiger partial charge in [-0.15, -0.1) is 0 Å². The molecule has 118 valence electrons. The van der Waals surface area contributed by atoms with Crippen molar-refractivity contribution in [1.29, 1.82) is 0 Å². The Morgan fingerprint density at radius 1 is 1.33 bits per heavy atom. The van der Waals surface area contributed by atoms with E-state index in [-0.39, 0.29) is 12.5 Å². The molecule has 0 aliphatic rings. The number of nitrogens with one attached hydrogen (secondary N) is 1. The Morgan fingerprint density at radius 2 is 2.10 bits per heavy atom. The summed E-state index contributed by atoms with van der Waals surface area (Å²) in [5, 5.41) is 12.2. The molecule has 1 amide bonds. The molecule has 0 bridgehead atoms. The van der Waals surface area contributed by atoms with E-state index in [0.717, 1.165) is 5.75 Å². The van der Waals surface area contributed by atoms with Gasteiger partial charge in [0.1, 0.15) is 5.75 Å². The maximum atomic E-state index is 11.6. The summed E-state index contributed by atoms with van der Waals surface area (Å²) in [6.07, 6.45) is 0.243. The van der Waals surface area contributed by atoms with Crippen LogP contribution < -0.4 is 10.1 Å². The zero-order chi connectivity index (χ0) is 15.7. The molecule has 0 aliphatic heterocycles. The highest BCUT2D eigenvalue weighted by atomic mass is 16.5. The summed E-state index contributed by atoms with van der Waals surface area (Å²) in [4.78, 5) is 11.6. The molecule has 0 aromatic heterocycles. The number of benzene rings is 1. The Balaban J connectivity index is 2.17. The Labute approximate surface area is 126 Å². The second-order valence-electron chi connectivity index (χ2n) is 5.09. The van der Waals surface area contributed by atoms with Crippen LogP contribution in [0.3, 0.4) is 0 Å². The summed E-state index contributed by atoms with van der Waals surface area (Å²) in [6.45, 7) is 5.14. The normalized spacial score (nSPS) is 12.0. The first-order valence-corrected chi connectivity index (χ1v) is 7.16. The molecule has 1 aromatic rings. The van der Waals surface area contributed by atoms with Gasteiger partial charge in [0.25, 0.3) is 0 Å². The highest BCUT2D eigenvalue weighted by molar-refractivity contribution is 5.75. The van der Waals surface area contributed by atoms with Crippen molar-refractivity contribution >= 4 is 5.91 Å². The number of aryl methyl sites for hydroxylation is 2. The van der Waals surface area contributed by atoms with Gasteiger partial charge in [0, 0.05) is 13.7 Å². The van der Waals surface area contributed by atoms with Crippen LogP contribution in [0.5, 0.6) is 5.75 Å². The smallest absolute Gasteiger partial charge is 0.223 e. The number of carbonyl (C=O) groups is 1. The molecule has 0 aliphatic carbocycles. The van der Waals surface area contributed by atoms with Crippen LogP contribution in [-0.4, -0.2) is 44.0 Å². The monoisotopic (exact) mass is 295 g/mol. The van der Waals surface area contributed by atoms with Gasteiger partial charge in [-0.1, -0.05) is 6.07 Å². The van der Waals surface area contributed by atoms with Crippen LogP contribution in [0.2, 0.25) is 0 Å². The average Bonchev–Trinajstić information content (AvgIpc) is 2.43. The molecule has 0 fully saturated rings. The minimum Gasteiger partial charge on any atom is -0.493 e. The summed E-state index contributed by atoms with van der Waals surface area (Å²) < 4.78 is 10.4. The third-order valence-electron chi connectivity index (χ3n) is 3.24. The standard InChI is InChI=1S/C16H25NO4/c1-12-4-5-15(10-13(12)2)21-9-7-16(19)17-8-6-14(18)11-20-3/h4-5,10,14,18H,6-9,11H2,1-3H3,(H,17,19). The molecular weight excluding hydrogens is 270 g/mol. The molecule has 1 aromatic carbocycles. The Bertz CT molecular complexity index is 448. The highest BCUT2D eigenvalue weighted by Gasteiger charge is 2.06. The van der Waals surface area contributed by atoms with Crippen molar-refractivity contribution in [3.8, 4) is 5.75 Å². The molecule has 0 saturated heterocycles. The van der Waals surface area contributed by atoms with Gasteiger partial charge in [-0.2, -0.15) is 0 Å². The van der Waals surface area contributed by atoms with E-state index in [1.807, 2.05) is 32.0 Å². The van der Waals surface area contributed by atoms with Crippen LogP contribution in [-0.2, 0) is 9.53 Å². The van der Waals surface area contributed by atoms with E-state index in [9.17, 15) is 9.90 Å². The van der Waals surface area contributed by atoms with Gasteiger partial charge < -0.3 is 19.9 Å². The van der Waals surface area contributed by atoms with Gasteiger partial charge in [0.15, 0.2) is 0 Å². The highest BCUT2D eigenvalue weighted by Crippen LogP contribution is 2.16. The lowest BCUT2D eigenvalue weighted by molar-refractivity contribution is -0.121. The van der Waals surface area contributed by atoms with Crippen molar-refractivity contribution in [3.05, 3.63) is 29.3 Å². The average molecular weight is 295 g/mol. The van der Waals surface area contributed by atoms with Crippen molar-refractivity contribution in [3.63, 3.8) is 0 Å². The summed E-state index contributed by atoms with van der Waals surface area (Å²) in [5.41, 5.74) is 2.39. The maximum Gasteiger partial charge on any atom is 0.223 e. The maximum absolute atomic E-state index is 11.6. The second-order valence-corrected chi connectivity index (χ2v) is 5.09. The number of carbonyl (C=O) groups excluding carboxylic acids is 1. The summed E-state index contributed by atoms with van der Waals surface area (Å²) >= 11 is 0. The van der Waals surface area contributed by atoms with E-state index in [2.05, 4.69) is 5.32 Å². The minimum atomic E-state index is -0.540. The number of hydrogen-bond acceptors (Lipinski definition) is 4. The Morgan fingerprint density at radius 3 is 2.76 bits per heavy atom. The molecule has 0 radical (unpaired) electrons. The van der Waals surface area contributed by atoms with Gasteiger partial charge in [-0.3, -0.25) is 4.79 Å². The largest absolute Gasteiger partial charge is 0.493 e. The fourth-order valence-corrected chi connectivity index (χ4v) is 1.81. The van der Waals surface area contributed by atoms with Gasteiger partial charge in [0.05, 0.1) is 25.7 Å². The fourth-order valence-electron chi connectivity index (χ4n) is 1.81. The van der Waals surface area contributed by atoms with Gasteiger partial charge in [0.2, 0.25) is 5.91 Å². The first kappa shape index (κ1) is 17.5. The summed E-state index contributed by atoms with van der Waals surface area (Å²) in [5.74, 6) is 0.699. The van der Waals surface area contributed by atoms with E-state index in [1.165, 1.54) is 18.2 Å². The molecule has 5 heteroatoms. The SMILES string of the molecule is COCC(O)CCNC(=O)CCOc1ccc(C)c(C)c1. The number of hydrogen-bond donors (Lipinski definition) is 2. The number of aliphatic hydroxyl groups excluding tert-OH is 1. The molecule has 1 atom stereocenters. The van der Waals surface area contributed by atoms with E-state index in [1.54, 1.807) is 0 Å². The van der Waals surface area contributed by atoms with E-state index in [0.29, 0.717) is 26.0 Å². The van der Waals surface area contributed by atoms with Gasteiger partial charge in [-0.05, 0) is 43.5 Å². The molecule has 0 saturated carbocycles. The fraction of sp³-hybridized carbons (Fsp3) is 0.562. The van der Waals surface area contributed by atoms with Crippen LogP contribution in [0.4, 0.5) is 0 Å². The van der Waals surface area contributed by atoms with Crippen LogP contribution in [0, 0.1) is 13.8 Å². The van der Waals surface area contributed by atoms with Crippen molar-refractivity contribution in [2.24, 2.45) is 0 Å². The third kappa shape index (κ3) is 7.11. The first-order chi connectivity index (χ1) is 10.0. The van der Waals surface area contributed by atoms with Gasteiger partial charge in [-0.25, -0.2) is 0 Å². The van der Waals surface area contributed by atoms with E-state index in [4.69, 9.17) is 9.47 Å². The summed E-state index contributed by atoms with van der Waals surface area (Å²) in [7, 11) is 1.53. The van der Waals surface area contributed by atoms with E-state index < -0.39 is 6.10 Å². The number of ether oxygens (including phenoxy) is 2. The number of rotatable bonds is 9. The molecule has 5 nitrogen and oxygen atoms in total. The predicted octanol–water partition coefficient (Wildman–Crippen LogP) is 1.59. The molecule has 0 spiro atoms. The zero-order valence-corrected chi connectivity index (χ0v) is 13.0. The zero-order valence-electron chi connectivity index (χ0n) is 13.0. The van der Waals surface area contributed by atoms with Crippen molar-refractivity contribution in [1.82, 2.24) is 5.32 Å². The number of amides is 1. The topological polar surface area (TPSA) is 67.8 Å². The summed E-state index contributed by atoms with van der Waals surface area (Å²) in [6, 6.07) is 5.87. The molecule has 21 heavy (non-hydrogen) atoms. The molecule has 1 rings (SSSR count). The number of methoxy groups -OCH3 is 1. The van der Waals surface area contributed by atoms with Crippen molar-refractivity contribution < 1.29 is 19.4 Å². The molecular formula is C16H25NO4. The predicted molar refractivity (Wildman–Crippen MR) is 81.5 cm³/mol. The van der Waals surface area contributed by atoms with Crippen molar-refractivity contribution in [2.45, 2.75) is 32.8 Å². The van der Waals surface area contributed by atoms with Gasteiger partial charge >= 0.3 is 0 Å². The van der Waals surface area contributed by atoms with Crippen LogP contribution in [0.1, 0.15) is 24.0 Å². The molecule has 1 unspecified atom stereocenters. The minimum absolute atomic E-state index is 0.0801. The Kier molecular flexibility index (Phi) is 7.79. The number of aliphatic hydroxyl groups is 1. The second kappa shape index (κ2) is 9.37. The third-order valence-corrected chi connectivity index (χ3v) is 3.24. The molecule has 0 heterocycles. The van der Waals surface area contributed by atoms with E-state index >= 15 is 0 Å². The lowest BCUT2D eigenvalue weighted by atomic mass is 10.1.